The molecule has 1 aliphatic heterocycles. The number of esters is 1. The van der Waals surface area contributed by atoms with Gasteiger partial charge in [-0.3, -0.25) is 19.7 Å². The van der Waals surface area contributed by atoms with Gasteiger partial charge in [-0.2, -0.15) is 0 Å². The Morgan fingerprint density at radius 1 is 1.08 bits per heavy atom. The molecule has 1 atom stereocenters. The van der Waals surface area contributed by atoms with E-state index in [2.05, 4.69) is 5.32 Å². The molecule has 126 valence electrons. The SMILES string of the molecule is CC(C(=O)Oc1ccc(/C=C2\SC(=O)NC2=O)cc1)c1ccccc1. The Labute approximate surface area is 149 Å². The Balaban J connectivity index is 1.67. The van der Waals surface area contributed by atoms with Crippen molar-refractivity contribution in [3.05, 3.63) is 70.6 Å². The topological polar surface area (TPSA) is 72.5 Å². The number of carbonyl (C=O) groups is 3. The number of nitrogens with one attached hydrogen (secondary N) is 1. The number of benzene rings is 2. The predicted molar refractivity (Wildman–Crippen MR) is 96.0 cm³/mol. The van der Waals surface area contributed by atoms with E-state index in [1.807, 2.05) is 30.3 Å². The maximum Gasteiger partial charge on any atom is 0.318 e. The number of thioether (sulfide) groups is 1. The molecule has 0 bridgehead atoms. The van der Waals surface area contributed by atoms with Gasteiger partial charge in [-0.25, -0.2) is 0 Å². The van der Waals surface area contributed by atoms with Crippen LogP contribution in [0.2, 0.25) is 0 Å². The van der Waals surface area contributed by atoms with E-state index in [-0.39, 0.29) is 17.1 Å². The van der Waals surface area contributed by atoms with Gasteiger partial charge in [0.1, 0.15) is 5.75 Å². The van der Waals surface area contributed by atoms with Gasteiger partial charge in [-0.1, -0.05) is 42.5 Å². The molecule has 0 spiro atoms. The van der Waals surface area contributed by atoms with E-state index in [0.29, 0.717) is 10.7 Å². The van der Waals surface area contributed by atoms with E-state index in [0.717, 1.165) is 22.9 Å². The standard InChI is InChI=1S/C19H15NO4S/c1-12(14-5-3-2-4-6-14)18(22)24-15-9-7-13(8-10-15)11-16-17(21)20-19(23)25-16/h2-12H,1H3,(H,20,21,23)/b16-11-. The first-order valence-corrected chi connectivity index (χ1v) is 8.46. The van der Waals surface area contributed by atoms with Crippen molar-refractivity contribution in [3.8, 4) is 5.75 Å². The summed E-state index contributed by atoms with van der Waals surface area (Å²) >= 11 is 0.861. The van der Waals surface area contributed by atoms with E-state index in [1.54, 1.807) is 37.3 Å². The van der Waals surface area contributed by atoms with Crippen molar-refractivity contribution in [2.45, 2.75) is 12.8 Å². The van der Waals surface area contributed by atoms with E-state index < -0.39 is 5.91 Å². The van der Waals surface area contributed by atoms with Crippen LogP contribution in [-0.2, 0) is 9.59 Å². The van der Waals surface area contributed by atoms with Crippen LogP contribution in [-0.4, -0.2) is 17.1 Å². The zero-order valence-electron chi connectivity index (χ0n) is 13.4. The first-order valence-electron chi connectivity index (χ1n) is 7.64. The summed E-state index contributed by atoms with van der Waals surface area (Å²) in [5.41, 5.74) is 1.63. The van der Waals surface area contributed by atoms with E-state index in [9.17, 15) is 14.4 Å². The van der Waals surface area contributed by atoms with Gasteiger partial charge in [0.2, 0.25) is 0 Å². The van der Waals surface area contributed by atoms with Gasteiger partial charge in [-0.15, -0.1) is 0 Å². The van der Waals surface area contributed by atoms with Crippen LogP contribution in [0.15, 0.2) is 59.5 Å². The molecule has 1 saturated heterocycles. The number of imide groups is 1. The smallest absolute Gasteiger partial charge is 0.318 e. The molecule has 2 aromatic rings. The van der Waals surface area contributed by atoms with Crippen LogP contribution in [0, 0.1) is 0 Å². The lowest BCUT2D eigenvalue weighted by molar-refractivity contribution is -0.135. The minimum absolute atomic E-state index is 0.339. The Hall–Kier alpha value is -2.86. The largest absolute Gasteiger partial charge is 0.426 e. The summed E-state index contributed by atoms with van der Waals surface area (Å²) in [6, 6.07) is 16.2. The fourth-order valence-corrected chi connectivity index (χ4v) is 2.97. The summed E-state index contributed by atoms with van der Waals surface area (Å²) in [4.78, 5) is 35.2. The molecular formula is C19H15NO4S. The van der Waals surface area contributed by atoms with E-state index >= 15 is 0 Å². The van der Waals surface area contributed by atoms with Gasteiger partial charge >= 0.3 is 5.97 Å². The lowest BCUT2D eigenvalue weighted by Crippen LogP contribution is -2.17. The Kier molecular flexibility index (Phi) is 5.00. The van der Waals surface area contributed by atoms with E-state index in [4.69, 9.17) is 4.74 Å². The minimum Gasteiger partial charge on any atom is -0.426 e. The molecule has 1 unspecified atom stereocenters. The highest BCUT2D eigenvalue weighted by atomic mass is 32.2. The molecule has 2 amide bonds. The van der Waals surface area contributed by atoms with Crippen molar-refractivity contribution in [1.82, 2.24) is 5.32 Å². The monoisotopic (exact) mass is 353 g/mol. The third-order valence-electron chi connectivity index (χ3n) is 3.69. The van der Waals surface area contributed by atoms with Crippen LogP contribution in [0.25, 0.3) is 6.08 Å². The van der Waals surface area contributed by atoms with Crippen molar-refractivity contribution in [1.29, 1.82) is 0 Å². The molecule has 1 heterocycles. The van der Waals surface area contributed by atoms with Crippen LogP contribution < -0.4 is 10.1 Å². The molecule has 0 saturated carbocycles. The van der Waals surface area contributed by atoms with Gasteiger partial charge in [-0.05, 0) is 48.0 Å². The molecule has 25 heavy (non-hydrogen) atoms. The summed E-state index contributed by atoms with van der Waals surface area (Å²) in [7, 11) is 0. The molecule has 0 aliphatic carbocycles. The Morgan fingerprint density at radius 3 is 2.36 bits per heavy atom. The number of carbonyl (C=O) groups excluding carboxylic acids is 3. The first kappa shape index (κ1) is 17.0. The first-order chi connectivity index (χ1) is 12.0. The maximum atomic E-state index is 12.2. The van der Waals surface area contributed by atoms with Gasteiger partial charge in [0.25, 0.3) is 11.1 Å². The summed E-state index contributed by atoms with van der Waals surface area (Å²) in [6.07, 6.45) is 1.61. The lowest BCUT2D eigenvalue weighted by atomic mass is 10.0. The zero-order chi connectivity index (χ0) is 17.8. The van der Waals surface area contributed by atoms with Crippen molar-refractivity contribution in [2.75, 3.05) is 0 Å². The van der Waals surface area contributed by atoms with Crippen LogP contribution in [0.5, 0.6) is 5.75 Å². The minimum atomic E-state index is -0.401. The fourth-order valence-electron chi connectivity index (χ4n) is 2.29. The summed E-state index contributed by atoms with van der Waals surface area (Å²) in [5.74, 6) is -0.682. The van der Waals surface area contributed by atoms with Crippen LogP contribution >= 0.6 is 11.8 Å². The van der Waals surface area contributed by atoms with Crippen molar-refractivity contribution < 1.29 is 19.1 Å². The molecular weight excluding hydrogens is 338 g/mol. The average Bonchev–Trinajstić information content (AvgIpc) is 2.94. The highest BCUT2D eigenvalue weighted by Crippen LogP contribution is 2.26. The quantitative estimate of drug-likeness (QED) is 0.515. The molecule has 3 rings (SSSR count). The predicted octanol–water partition coefficient (Wildman–Crippen LogP) is 3.72. The summed E-state index contributed by atoms with van der Waals surface area (Å²) < 4.78 is 5.40. The lowest BCUT2D eigenvalue weighted by Gasteiger charge is -2.11. The second-order valence-corrected chi connectivity index (χ2v) is 6.49. The third-order valence-corrected chi connectivity index (χ3v) is 4.50. The molecule has 0 radical (unpaired) electrons. The zero-order valence-corrected chi connectivity index (χ0v) is 14.2. The Morgan fingerprint density at radius 2 is 1.76 bits per heavy atom. The molecule has 6 heteroatoms. The molecule has 1 fully saturated rings. The van der Waals surface area contributed by atoms with Crippen LogP contribution in [0.1, 0.15) is 24.0 Å². The summed E-state index contributed by atoms with van der Waals surface area (Å²) in [6.45, 7) is 1.80. The second kappa shape index (κ2) is 7.36. The average molecular weight is 353 g/mol. The number of amides is 2. The highest BCUT2D eigenvalue weighted by Gasteiger charge is 2.24. The van der Waals surface area contributed by atoms with Gasteiger partial charge in [0.05, 0.1) is 10.8 Å². The van der Waals surface area contributed by atoms with Crippen molar-refractivity contribution >= 4 is 35.0 Å². The Bertz CT molecular complexity index is 843. The molecule has 0 aromatic heterocycles. The van der Waals surface area contributed by atoms with Gasteiger partial charge in [0.15, 0.2) is 0 Å². The number of hydrogen-bond donors (Lipinski definition) is 1. The fraction of sp³-hybridized carbons (Fsp3) is 0.105. The maximum absolute atomic E-state index is 12.2. The molecule has 2 aromatic carbocycles. The van der Waals surface area contributed by atoms with Crippen LogP contribution in [0.4, 0.5) is 4.79 Å². The molecule has 1 aliphatic rings. The summed E-state index contributed by atoms with van der Waals surface area (Å²) in [5, 5.41) is 1.82. The third kappa shape index (κ3) is 4.16. The number of hydrogen-bond acceptors (Lipinski definition) is 5. The highest BCUT2D eigenvalue weighted by molar-refractivity contribution is 8.18. The van der Waals surface area contributed by atoms with Gasteiger partial charge in [0, 0.05) is 0 Å². The van der Waals surface area contributed by atoms with Crippen molar-refractivity contribution in [3.63, 3.8) is 0 Å². The molecule has 1 N–H and O–H groups in total. The van der Waals surface area contributed by atoms with Crippen molar-refractivity contribution in [2.24, 2.45) is 0 Å². The number of rotatable bonds is 4. The molecule has 5 nitrogen and oxygen atoms in total. The normalized spacial score (nSPS) is 16.6. The van der Waals surface area contributed by atoms with E-state index in [1.165, 1.54) is 0 Å². The number of ether oxygens (including phenoxy) is 1. The van der Waals surface area contributed by atoms with Gasteiger partial charge < -0.3 is 4.74 Å². The second-order valence-electron chi connectivity index (χ2n) is 5.47. The van der Waals surface area contributed by atoms with Crippen LogP contribution in [0.3, 0.4) is 0 Å².